The molecule has 2 aliphatic rings. The van der Waals surface area contributed by atoms with Crippen LogP contribution in [0.15, 0.2) is 30.6 Å². The fourth-order valence-electron chi connectivity index (χ4n) is 6.25. The molecule has 15 heteroatoms. The largest absolute Gasteiger partial charge is 0.494 e. The minimum absolute atomic E-state index is 0.0286. The maximum absolute atomic E-state index is 15.6. The Balaban J connectivity index is 1.39. The molecule has 10 nitrogen and oxygen atoms in total. The first kappa shape index (κ1) is 34.9. The van der Waals surface area contributed by atoms with Crippen LogP contribution in [0.3, 0.4) is 0 Å². The number of fused-ring (bicyclic) bond motifs is 1. The van der Waals surface area contributed by atoms with E-state index in [1.807, 2.05) is 6.92 Å². The van der Waals surface area contributed by atoms with E-state index in [4.69, 9.17) is 9.47 Å². The van der Waals surface area contributed by atoms with Gasteiger partial charge in [-0.2, -0.15) is 13.2 Å². The molecule has 2 fully saturated rings. The van der Waals surface area contributed by atoms with Crippen LogP contribution in [0.25, 0.3) is 11.0 Å². The van der Waals surface area contributed by atoms with Crippen molar-refractivity contribution in [2.75, 3.05) is 52.3 Å². The summed E-state index contributed by atoms with van der Waals surface area (Å²) in [5, 5.41) is 8.08. The summed E-state index contributed by atoms with van der Waals surface area (Å²) in [5.41, 5.74) is 0.310. The Kier molecular flexibility index (Phi) is 10.7. The van der Waals surface area contributed by atoms with E-state index in [-0.39, 0.29) is 64.2 Å². The monoisotopic (exact) mass is 676 g/mol. The average molecular weight is 677 g/mol. The molecule has 0 radical (unpaired) electrons. The number of hydrogen-bond acceptors (Lipinski definition) is 7. The van der Waals surface area contributed by atoms with Crippen LogP contribution in [0.4, 0.5) is 27.6 Å². The first-order chi connectivity index (χ1) is 22.9. The van der Waals surface area contributed by atoms with Crippen LogP contribution < -0.4 is 20.7 Å². The molecule has 3 heterocycles. The van der Waals surface area contributed by atoms with Gasteiger partial charge in [0.05, 0.1) is 48.4 Å². The third-order valence-electron chi connectivity index (χ3n) is 8.62. The number of imidazole rings is 1. The molecule has 2 saturated heterocycles. The summed E-state index contributed by atoms with van der Waals surface area (Å²) >= 11 is 0. The Morgan fingerprint density at radius 3 is 2.52 bits per heavy atom. The van der Waals surface area contributed by atoms with E-state index in [1.165, 1.54) is 32.4 Å². The number of aromatic nitrogens is 2. The van der Waals surface area contributed by atoms with Gasteiger partial charge in [-0.3, -0.25) is 14.5 Å². The predicted molar refractivity (Wildman–Crippen MR) is 168 cm³/mol. The highest BCUT2D eigenvalue weighted by molar-refractivity contribution is 6.05. The normalized spacial score (nSPS) is 20.5. The first-order valence-corrected chi connectivity index (χ1v) is 15.5. The molecule has 1 aromatic heterocycles. The minimum Gasteiger partial charge on any atom is -0.494 e. The van der Waals surface area contributed by atoms with E-state index in [2.05, 4.69) is 37.7 Å². The minimum atomic E-state index is -4.56. The van der Waals surface area contributed by atoms with Crippen LogP contribution in [0.1, 0.15) is 46.0 Å². The van der Waals surface area contributed by atoms with Crippen LogP contribution in [0.2, 0.25) is 0 Å². The number of benzene rings is 2. The molecule has 3 aromatic rings. The summed E-state index contributed by atoms with van der Waals surface area (Å²) < 4.78 is 81.6. The molecular weight excluding hydrogens is 639 g/mol. The van der Waals surface area contributed by atoms with Gasteiger partial charge in [0.1, 0.15) is 29.8 Å². The van der Waals surface area contributed by atoms with Crippen LogP contribution in [-0.2, 0) is 11.3 Å². The number of amides is 2. The van der Waals surface area contributed by atoms with Crippen LogP contribution in [0.5, 0.6) is 5.75 Å². The lowest BCUT2D eigenvalue weighted by Crippen LogP contribution is -2.59. The number of rotatable bonds is 8. The van der Waals surface area contributed by atoms with Gasteiger partial charge in [0.2, 0.25) is 0 Å². The molecule has 258 valence electrons. The van der Waals surface area contributed by atoms with Gasteiger partial charge >= 0.3 is 6.18 Å². The molecule has 3 unspecified atom stereocenters. The highest BCUT2D eigenvalue weighted by atomic mass is 19.4. The van der Waals surface area contributed by atoms with E-state index in [1.54, 1.807) is 0 Å². The summed E-state index contributed by atoms with van der Waals surface area (Å²) in [5.74, 6) is 3.47. The molecule has 3 atom stereocenters. The number of ether oxygens (including phenoxy) is 2. The fraction of sp³-hybridized carbons (Fsp3) is 0.485. The summed E-state index contributed by atoms with van der Waals surface area (Å²) in [4.78, 5) is 31.9. The van der Waals surface area contributed by atoms with Gasteiger partial charge in [0, 0.05) is 51.0 Å². The number of methoxy groups -OCH3 is 1. The van der Waals surface area contributed by atoms with Crippen molar-refractivity contribution < 1.29 is 41.0 Å². The molecule has 2 aromatic carbocycles. The van der Waals surface area contributed by atoms with E-state index >= 15 is 4.39 Å². The molecule has 2 amide bonds. The lowest BCUT2D eigenvalue weighted by molar-refractivity contribution is -0.140. The van der Waals surface area contributed by atoms with Crippen molar-refractivity contribution in [3.63, 3.8) is 0 Å². The number of carbonyl (C=O) groups excluding carboxylic acids is 2. The maximum atomic E-state index is 15.6. The van der Waals surface area contributed by atoms with Crippen molar-refractivity contribution in [1.82, 2.24) is 25.1 Å². The van der Waals surface area contributed by atoms with Gasteiger partial charge in [-0.25, -0.2) is 13.8 Å². The maximum Gasteiger partial charge on any atom is 0.406 e. The van der Waals surface area contributed by atoms with Crippen LogP contribution in [0, 0.1) is 23.6 Å². The zero-order valence-electron chi connectivity index (χ0n) is 26.7. The van der Waals surface area contributed by atoms with Gasteiger partial charge in [0.25, 0.3) is 11.8 Å². The van der Waals surface area contributed by atoms with E-state index in [9.17, 15) is 27.2 Å². The van der Waals surface area contributed by atoms with Crippen molar-refractivity contribution in [3.8, 4) is 17.6 Å². The first-order valence-electron chi connectivity index (χ1n) is 15.5. The topological polar surface area (TPSA) is 110 Å². The van der Waals surface area contributed by atoms with Crippen molar-refractivity contribution in [3.05, 3.63) is 53.1 Å². The van der Waals surface area contributed by atoms with E-state index in [0.717, 1.165) is 29.8 Å². The third kappa shape index (κ3) is 7.99. The summed E-state index contributed by atoms with van der Waals surface area (Å²) in [6, 6.07) is 4.52. The Morgan fingerprint density at radius 2 is 1.85 bits per heavy atom. The smallest absolute Gasteiger partial charge is 0.406 e. The third-order valence-corrected chi connectivity index (χ3v) is 8.62. The van der Waals surface area contributed by atoms with Gasteiger partial charge in [-0.1, -0.05) is 18.8 Å². The van der Waals surface area contributed by atoms with Crippen molar-refractivity contribution in [2.45, 2.75) is 50.7 Å². The number of hydrogen-bond donors (Lipinski definition) is 3. The second-order valence-electron chi connectivity index (χ2n) is 11.9. The van der Waals surface area contributed by atoms with Crippen LogP contribution in [-0.4, -0.2) is 97.7 Å². The Hall–Kier alpha value is -4.42. The molecule has 2 aliphatic heterocycles. The number of nitrogens with zero attached hydrogens (tertiary/aromatic N) is 3. The fourth-order valence-corrected chi connectivity index (χ4v) is 6.25. The molecule has 0 aliphatic carbocycles. The second kappa shape index (κ2) is 14.8. The number of likely N-dealkylation sites (tertiary alicyclic amines) is 1. The number of nitrogens with one attached hydrogen (secondary N) is 3. The van der Waals surface area contributed by atoms with E-state index < -0.39 is 42.6 Å². The Bertz CT molecular complexity index is 1700. The van der Waals surface area contributed by atoms with Crippen molar-refractivity contribution in [2.24, 2.45) is 5.92 Å². The van der Waals surface area contributed by atoms with Crippen molar-refractivity contribution in [1.29, 1.82) is 0 Å². The molecule has 48 heavy (non-hydrogen) atoms. The summed E-state index contributed by atoms with van der Waals surface area (Å²) in [6.45, 7) is 2.46. The number of anilines is 1. The molecule has 0 saturated carbocycles. The lowest BCUT2D eigenvalue weighted by atomic mass is 9.89. The van der Waals surface area contributed by atoms with Gasteiger partial charge in [-0.15, -0.1) is 0 Å². The highest BCUT2D eigenvalue weighted by Crippen LogP contribution is 2.29. The Labute approximate surface area is 274 Å². The van der Waals surface area contributed by atoms with Gasteiger partial charge < -0.3 is 30.0 Å². The highest BCUT2D eigenvalue weighted by Gasteiger charge is 2.39. The SMILES string of the molecule is CNC(=O)c1cc(NCC#Cc2cc(C(=O)NC3C(C)CN(C4CCOCC4)CC3F)c3ncn(CC(F)(F)F)c3c2)c(OC)cc1F. The van der Waals surface area contributed by atoms with Crippen molar-refractivity contribution >= 4 is 28.5 Å². The average Bonchev–Trinajstić information content (AvgIpc) is 3.45. The Morgan fingerprint density at radius 1 is 1.10 bits per heavy atom. The van der Waals surface area contributed by atoms with Gasteiger partial charge in [-0.05, 0) is 37.0 Å². The summed E-state index contributed by atoms with van der Waals surface area (Å²) in [6.07, 6.45) is -3.29. The second-order valence-corrected chi connectivity index (χ2v) is 11.9. The van der Waals surface area contributed by atoms with E-state index in [0.29, 0.717) is 19.8 Å². The molecule has 0 bridgehead atoms. The number of carbonyl (C=O) groups is 2. The molecule has 0 spiro atoms. The lowest BCUT2D eigenvalue weighted by Gasteiger charge is -2.44. The number of piperidine rings is 1. The predicted octanol–water partition coefficient (Wildman–Crippen LogP) is 4.14. The molecule has 3 N–H and O–H groups in total. The quantitative estimate of drug-likeness (QED) is 0.243. The zero-order valence-corrected chi connectivity index (χ0v) is 26.7. The number of alkyl halides is 4. The van der Waals surface area contributed by atoms with Crippen LogP contribution >= 0.6 is 0 Å². The zero-order chi connectivity index (χ0) is 34.6. The van der Waals surface area contributed by atoms with Gasteiger partial charge in [0.15, 0.2) is 0 Å². The number of halogens is 5. The standard InChI is InChI=1S/C33H37F5N6O4/c1-19-15-43(21-6-9-48-10-7-21)16-25(35)29(19)42-32(46)23-11-20(12-27-30(23)41-18-44(27)17-33(36,37)38)5-4-8-40-26-13-22(31(45)39-2)24(34)14-28(26)47-3/h11-14,18-19,21,25,29,40H,6-10,15-17H2,1-3H3,(H,39,45)(H,42,46). The molecule has 5 rings (SSSR count). The molecular formula is C33H37F5N6O4. The summed E-state index contributed by atoms with van der Waals surface area (Å²) in [7, 11) is 2.70.